The maximum atomic E-state index is 14.3. The Morgan fingerprint density at radius 2 is 1.73 bits per heavy atom. The zero-order valence-electron chi connectivity index (χ0n) is 28.9. The lowest BCUT2D eigenvalue weighted by atomic mass is 9.87. The summed E-state index contributed by atoms with van der Waals surface area (Å²) in [4.78, 5) is 23.5. The first-order valence-corrected chi connectivity index (χ1v) is 19.2. The van der Waals surface area contributed by atoms with Crippen molar-refractivity contribution in [2.45, 2.75) is 88.1 Å². The van der Waals surface area contributed by atoms with E-state index in [0.29, 0.717) is 23.2 Å². The fourth-order valence-electron chi connectivity index (χ4n) is 7.73. The number of likely N-dealkylation sites (tertiary alicyclic amines) is 1. The highest BCUT2D eigenvalue weighted by Crippen LogP contribution is 2.44. The molecule has 1 aliphatic carbocycles. The third kappa shape index (κ3) is 10.6. The van der Waals surface area contributed by atoms with E-state index in [2.05, 4.69) is 16.7 Å². The monoisotopic (exact) mass is 777 g/mol. The smallest absolute Gasteiger partial charge is 0.321 e. The van der Waals surface area contributed by atoms with Gasteiger partial charge in [-0.2, -0.15) is 0 Å². The summed E-state index contributed by atoms with van der Waals surface area (Å²) < 4.78 is 38.0. The van der Waals surface area contributed by atoms with Crippen LogP contribution < -0.4 is 0 Å². The van der Waals surface area contributed by atoms with Crippen LogP contribution in [0.4, 0.5) is 4.39 Å². The van der Waals surface area contributed by atoms with Crippen molar-refractivity contribution in [1.82, 2.24) is 14.8 Å². The minimum Gasteiger partial charge on any atom is -0.480 e. The number of carboxylic acid groups (broad SMARTS) is 1. The van der Waals surface area contributed by atoms with Gasteiger partial charge in [0.05, 0.1) is 15.6 Å². The van der Waals surface area contributed by atoms with E-state index in [4.69, 9.17) is 4.98 Å². The van der Waals surface area contributed by atoms with Crippen LogP contribution in [0.25, 0.3) is 0 Å². The van der Waals surface area contributed by atoms with E-state index in [0.717, 1.165) is 67.9 Å². The third-order valence-corrected chi connectivity index (χ3v) is 12.5. The molecule has 274 valence electrons. The Morgan fingerprint density at radius 1 is 1.08 bits per heavy atom. The van der Waals surface area contributed by atoms with Crippen LogP contribution >= 0.6 is 48.6 Å². The molecule has 1 saturated carbocycles. The number of carboxylic acids is 1. The number of thiazole rings is 1. The molecule has 0 radical (unpaired) electrons. The number of halogens is 4. The number of aryl methyl sites for hydroxylation is 1. The summed E-state index contributed by atoms with van der Waals surface area (Å²) in [5.74, 6) is -0.0379. The van der Waals surface area contributed by atoms with Crippen LogP contribution in [0.5, 0.6) is 0 Å². The predicted molar refractivity (Wildman–Crippen MR) is 204 cm³/mol. The Kier molecular flexibility index (Phi) is 16.5. The first-order chi connectivity index (χ1) is 21.8. The van der Waals surface area contributed by atoms with Gasteiger partial charge in [-0.05, 0) is 111 Å². The molecule has 2 aliphatic rings. The Bertz CT molecular complexity index is 1620. The summed E-state index contributed by atoms with van der Waals surface area (Å²) in [6.45, 7) is 8.99. The lowest BCUT2D eigenvalue weighted by Gasteiger charge is -2.35. The molecule has 0 amide bonds. The molecule has 2 fully saturated rings. The molecule has 1 aliphatic heterocycles. The van der Waals surface area contributed by atoms with Crippen LogP contribution in [0.3, 0.4) is 0 Å². The Labute approximate surface area is 314 Å². The fourth-order valence-corrected chi connectivity index (χ4v) is 9.72. The molecule has 2 aromatic carbocycles. The van der Waals surface area contributed by atoms with Gasteiger partial charge in [0, 0.05) is 30.1 Å². The zero-order chi connectivity index (χ0) is 33.2. The van der Waals surface area contributed by atoms with Crippen molar-refractivity contribution >= 4 is 64.4 Å². The summed E-state index contributed by atoms with van der Waals surface area (Å²) in [5, 5.41) is 11.0. The second kappa shape index (κ2) is 18.6. The number of nitrogens with zero attached hydrogens (tertiary/aromatic N) is 3. The average Bonchev–Trinajstić information content (AvgIpc) is 3.61. The van der Waals surface area contributed by atoms with Gasteiger partial charge in [0.2, 0.25) is 0 Å². The molecule has 3 aromatic rings. The minimum absolute atomic E-state index is 0. The van der Waals surface area contributed by atoms with Crippen molar-refractivity contribution in [3.63, 3.8) is 0 Å². The van der Waals surface area contributed by atoms with Crippen LogP contribution in [-0.2, 0) is 27.5 Å². The van der Waals surface area contributed by atoms with Crippen molar-refractivity contribution < 1.29 is 22.7 Å². The van der Waals surface area contributed by atoms with E-state index in [1.165, 1.54) is 22.9 Å². The maximum Gasteiger partial charge on any atom is 0.321 e. The van der Waals surface area contributed by atoms with Crippen molar-refractivity contribution in [2.24, 2.45) is 11.8 Å². The second-order valence-corrected chi connectivity index (χ2v) is 16.8. The lowest BCUT2D eigenvalue weighted by Crippen LogP contribution is -2.47. The van der Waals surface area contributed by atoms with Gasteiger partial charge in [-0.25, -0.2) is 17.8 Å². The van der Waals surface area contributed by atoms with Gasteiger partial charge in [0.15, 0.2) is 9.84 Å². The van der Waals surface area contributed by atoms with E-state index < -0.39 is 21.8 Å². The van der Waals surface area contributed by atoms with Crippen molar-refractivity contribution in [2.75, 3.05) is 32.9 Å². The van der Waals surface area contributed by atoms with Crippen LogP contribution in [0.15, 0.2) is 53.4 Å². The number of carbonyl (C=O) groups is 1. The van der Waals surface area contributed by atoms with E-state index in [9.17, 15) is 22.7 Å². The molecule has 3 unspecified atom stereocenters. The van der Waals surface area contributed by atoms with Crippen molar-refractivity contribution in [3.8, 4) is 0 Å². The molecule has 2 heterocycles. The second-order valence-electron chi connectivity index (χ2n) is 13.7. The number of rotatable bonds is 12. The minimum atomic E-state index is -3.22. The van der Waals surface area contributed by atoms with E-state index in [-0.39, 0.29) is 60.9 Å². The number of benzene rings is 2. The van der Waals surface area contributed by atoms with Crippen molar-refractivity contribution in [1.29, 1.82) is 0 Å². The van der Waals surface area contributed by atoms with E-state index >= 15 is 0 Å². The third-order valence-electron chi connectivity index (χ3n) is 10.1. The number of hydrogen-bond acceptors (Lipinski definition) is 7. The number of hydrogen-bond donors (Lipinski definition) is 1. The molecule has 1 N–H and O–H groups in total. The highest BCUT2D eigenvalue weighted by Gasteiger charge is 2.42. The summed E-state index contributed by atoms with van der Waals surface area (Å²) in [7, 11) is -1.27. The van der Waals surface area contributed by atoms with E-state index in [1.54, 1.807) is 35.6 Å². The lowest BCUT2D eigenvalue weighted by molar-refractivity contribution is -0.145. The van der Waals surface area contributed by atoms with Gasteiger partial charge >= 0.3 is 5.97 Å². The molecule has 49 heavy (non-hydrogen) atoms. The number of sulfone groups is 1. The zero-order valence-corrected chi connectivity index (χ0v) is 33.0. The predicted octanol–water partition coefficient (Wildman–Crippen LogP) is 7.89. The number of aromatic nitrogens is 1. The molecule has 5 rings (SSSR count). The highest BCUT2D eigenvalue weighted by atomic mass is 35.5. The standard InChI is InChI=1S/C36H48FN3O4S2.3ClH/c1-6-32-35(45-33(38-32)18-24-10-12-30(13-11-24)46(5,43)44)25-14-16-40(17-15-25)22-27-20-29(39(4)34(23(2)3)36(41)42)21-31(27)26-8-7-9-28(37)19-26;;;/h7-13,19,23,25,27,29,31,34H,6,14-18,20-22H2,1-5H3,(H,41,42);3*1H/t27?,29?,31?,34-;;;/m1.../s1. The topological polar surface area (TPSA) is 90.8 Å². The van der Waals surface area contributed by atoms with Gasteiger partial charge < -0.3 is 10.0 Å². The molecule has 0 spiro atoms. The quantitative estimate of drug-likeness (QED) is 0.200. The van der Waals surface area contributed by atoms with Crippen LogP contribution in [0, 0.1) is 17.7 Å². The number of likely N-dealkylation sites (N-methyl/N-ethyl adjacent to an activating group) is 1. The van der Waals surface area contributed by atoms with Crippen molar-refractivity contribution in [3.05, 3.63) is 81.1 Å². The van der Waals surface area contributed by atoms with E-state index in [1.807, 2.05) is 39.1 Å². The van der Waals surface area contributed by atoms with Gasteiger partial charge in [0.25, 0.3) is 0 Å². The molecule has 1 aromatic heterocycles. The molecular weight excluding hydrogens is 728 g/mol. The average molecular weight is 779 g/mol. The summed E-state index contributed by atoms with van der Waals surface area (Å²) in [5.41, 5.74) is 3.25. The van der Waals surface area contributed by atoms with Gasteiger partial charge in [-0.3, -0.25) is 9.69 Å². The SMILES string of the molecule is CCc1nc(Cc2ccc(S(C)(=O)=O)cc2)sc1C1CCN(CC2CC(N(C)[C@@H](C(=O)O)C(C)C)CC2c2cccc(F)c2)CC1.Cl.Cl.Cl. The largest absolute Gasteiger partial charge is 0.480 e. The van der Waals surface area contributed by atoms with Gasteiger partial charge in [0.1, 0.15) is 11.9 Å². The van der Waals surface area contributed by atoms with Gasteiger partial charge in [-0.15, -0.1) is 48.6 Å². The number of aliphatic carboxylic acids is 1. The van der Waals surface area contributed by atoms with Crippen LogP contribution in [0.1, 0.15) is 85.0 Å². The van der Waals surface area contributed by atoms with Crippen LogP contribution in [-0.4, -0.2) is 79.3 Å². The number of piperidine rings is 1. The Morgan fingerprint density at radius 3 is 2.29 bits per heavy atom. The summed E-state index contributed by atoms with van der Waals surface area (Å²) in [6, 6.07) is 13.7. The molecule has 13 heteroatoms. The normalized spacial score (nSPS) is 20.8. The first-order valence-electron chi connectivity index (χ1n) is 16.5. The highest BCUT2D eigenvalue weighted by molar-refractivity contribution is 7.90. The molecule has 1 saturated heterocycles. The molecule has 7 nitrogen and oxygen atoms in total. The van der Waals surface area contributed by atoms with Gasteiger partial charge in [-0.1, -0.05) is 45.0 Å². The first kappa shape index (κ1) is 43.4. The summed E-state index contributed by atoms with van der Waals surface area (Å²) >= 11 is 1.80. The van der Waals surface area contributed by atoms with Crippen LogP contribution in [0.2, 0.25) is 0 Å². The Balaban J connectivity index is 0.00000278. The molecule has 0 bridgehead atoms. The molecule has 4 atom stereocenters. The molecular formula is C36H51Cl3FN3O4S2. The summed E-state index contributed by atoms with van der Waals surface area (Å²) in [6.07, 6.45) is 6.66. The fraction of sp³-hybridized carbons (Fsp3) is 0.556. The maximum absolute atomic E-state index is 14.3. The Hall–Kier alpha value is -1.79.